The van der Waals surface area contributed by atoms with Gasteiger partial charge < -0.3 is 15.4 Å². The van der Waals surface area contributed by atoms with Crippen molar-refractivity contribution in [2.24, 2.45) is 0 Å². The van der Waals surface area contributed by atoms with Crippen molar-refractivity contribution in [2.75, 3.05) is 39.5 Å². The highest BCUT2D eigenvalue weighted by atomic mass is 19.1. The fourth-order valence-electron chi connectivity index (χ4n) is 4.37. The lowest BCUT2D eigenvalue weighted by Crippen LogP contribution is -2.51. The third-order valence-corrected chi connectivity index (χ3v) is 5.88. The summed E-state index contributed by atoms with van der Waals surface area (Å²) in [6.45, 7) is 1.74. The molecule has 2 aromatic rings. The third-order valence-electron chi connectivity index (χ3n) is 5.88. The zero-order valence-electron chi connectivity index (χ0n) is 16.8. The average molecular weight is 399 g/mol. The Hall–Kier alpha value is -2.58. The van der Waals surface area contributed by atoms with Crippen molar-refractivity contribution in [1.82, 2.24) is 19.8 Å². The number of amides is 1. The summed E-state index contributed by atoms with van der Waals surface area (Å²) in [6.07, 6.45) is 3.88. The number of likely N-dealkylation sites (N-methyl/N-ethyl adjacent to an activating group) is 1. The van der Waals surface area contributed by atoms with Crippen LogP contribution >= 0.6 is 0 Å². The maximum atomic E-state index is 13.3. The number of piperidine rings is 1. The number of rotatable bonds is 3. The van der Waals surface area contributed by atoms with Gasteiger partial charge in [0.05, 0.1) is 12.3 Å². The minimum atomic E-state index is -0.509. The van der Waals surface area contributed by atoms with Crippen LogP contribution in [-0.2, 0) is 21.6 Å². The lowest BCUT2D eigenvalue weighted by molar-refractivity contribution is -0.146. The van der Waals surface area contributed by atoms with Crippen molar-refractivity contribution in [3.8, 4) is 0 Å². The number of halogens is 1. The topological polar surface area (TPSA) is 84.6 Å². The van der Waals surface area contributed by atoms with E-state index in [-0.39, 0.29) is 17.7 Å². The molecule has 0 saturated carbocycles. The first-order chi connectivity index (χ1) is 13.9. The van der Waals surface area contributed by atoms with Crippen LogP contribution in [0.2, 0.25) is 0 Å². The van der Waals surface area contributed by atoms with E-state index in [2.05, 4.69) is 9.97 Å². The summed E-state index contributed by atoms with van der Waals surface area (Å²) in [6, 6.07) is 5.66. The van der Waals surface area contributed by atoms with Crippen LogP contribution in [0.3, 0.4) is 0 Å². The lowest BCUT2D eigenvalue weighted by Gasteiger charge is -2.45. The molecule has 1 saturated heterocycles. The molecule has 1 spiro atoms. The van der Waals surface area contributed by atoms with Gasteiger partial charge in [-0.2, -0.15) is 0 Å². The van der Waals surface area contributed by atoms with Gasteiger partial charge in [-0.15, -0.1) is 0 Å². The molecule has 1 fully saturated rings. The zero-order valence-corrected chi connectivity index (χ0v) is 16.8. The number of hydrogen-bond acceptors (Lipinski definition) is 6. The van der Waals surface area contributed by atoms with E-state index in [9.17, 15) is 9.18 Å². The summed E-state index contributed by atoms with van der Waals surface area (Å²) in [4.78, 5) is 25.6. The Kier molecular flexibility index (Phi) is 5.23. The van der Waals surface area contributed by atoms with E-state index in [1.165, 1.54) is 12.1 Å². The van der Waals surface area contributed by atoms with Crippen molar-refractivity contribution in [2.45, 2.75) is 30.9 Å². The van der Waals surface area contributed by atoms with Crippen LogP contribution in [0.25, 0.3) is 0 Å². The van der Waals surface area contributed by atoms with Gasteiger partial charge in [0.15, 0.2) is 0 Å². The molecule has 154 valence electrons. The van der Waals surface area contributed by atoms with Gasteiger partial charge in [-0.3, -0.25) is 9.69 Å². The van der Waals surface area contributed by atoms with Crippen molar-refractivity contribution in [3.05, 3.63) is 53.1 Å². The highest BCUT2D eigenvalue weighted by Crippen LogP contribution is 2.41. The van der Waals surface area contributed by atoms with Crippen LogP contribution < -0.4 is 5.73 Å². The second kappa shape index (κ2) is 7.68. The summed E-state index contributed by atoms with van der Waals surface area (Å²) in [5, 5.41) is 0. The Morgan fingerprint density at radius 2 is 1.97 bits per heavy atom. The Bertz CT molecular complexity index is 894. The SMILES string of the molecule is CN(C)C(C(=O)N1CCC2(CC1)OCCc1cnc(N)nc12)c1ccc(F)cc1. The van der Waals surface area contributed by atoms with Crippen LogP contribution in [0.4, 0.5) is 10.3 Å². The highest BCUT2D eigenvalue weighted by molar-refractivity contribution is 5.83. The van der Waals surface area contributed by atoms with E-state index in [1.807, 2.05) is 23.9 Å². The number of anilines is 1. The largest absolute Gasteiger partial charge is 0.368 e. The van der Waals surface area contributed by atoms with Crippen LogP contribution in [-0.4, -0.2) is 59.5 Å². The van der Waals surface area contributed by atoms with Gasteiger partial charge in [0.2, 0.25) is 11.9 Å². The maximum absolute atomic E-state index is 13.3. The fourth-order valence-corrected chi connectivity index (χ4v) is 4.37. The second-order valence-corrected chi connectivity index (χ2v) is 7.94. The zero-order chi connectivity index (χ0) is 20.6. The quantitative estimate of drug-likeness (QED) is 0.849. The van der Waals surface area contributed by atoms with E-state index in [0.29, 0.717) is 32.5 Å². The molecule has 1 aromatic carbocycles. The number of aromatic nitrogens is 2. The number of likely N-dealkylation sites (tertiary alicyclic amines) is 1. The predicted molar refractivity (Wildman–Crippen MR) is 106 cm³/mol. The number of benzene rings is 1. The third kappa shape index (κ3) is 3.70. The molecule has 0 aliphatic carbocycles. The minimum Gasteiger partial charge on any atom is -0.368 e. The Labute approximate surface area is 169 Å². The molecule has 1 atom stereocenters. The number of nitrogens with two attached hydrogens (primary N) is 1. The molecule has 2 aliphatic heterocycles. The van der Waals surface area contributed by atoms with Gasteiger partial charge >= 0.3 is 0 Å². The van der Waals surface area contributed by atoms with Crippen LogP contribution in [0.1, 0.15) is 35.7 Å². The first-order valence-electron chi connectivity index (χ1n) is 9.86. The number of nitrogens with zero attached hydrogens (tertiary/aromatic N) is 4. The molecule has 3 heterocycles. The van der Waals surface area contributed by atoms with E-state index < -0.39 is 11.6 Å². The Morgan fingerprint density at radius 3 is 2.62 bits per heavy atom. The van der Waals surface area contributed by atoms with Gasteiger partial charge in [-0.05, 0) is 56.6 Å². The molecule has 0 radical (unpaired) electrons. The lowest BCUT2D eigenvalue weighted by atomic mass is 9.83. The Balaban J connectivity index is 1.53. The van der Waals surface area contributed by atoms with Gasteiger partial charge in [-0.1, -0.05) is 12.1 Å². The monoisotopic (exact) mass is 399 g/mol. The van der Waals surface area contributed by atoms with Crippen molar-refractivity contribution in [1.29, 1.82) is 0 Å². The fraction of sp³-hybridized carbons (Fsp3) is 0.476. The molecule has 2 aliphatic rings. The second-order valence-electron chi connectivity index (χ2n) is 7.94. The number of fused-ring (bicyclic) bond motifs is 2. The van der Waals surface area contributed by atoms with Crippen LogP contribution in [0.15, 0.2) is 30.5 Å². The molecular formula is C21H26FN5O2. The standard InChI is InChI=1S/C21H26FN5O2/c1-26(2)17(14-3-5-16(22)6-4-14)19(28)27-10-8-21(9-11-27)18-15(7-12-29-21)13-24-20(23)25-18/h3-6,13,17H,7-12H2,1-2H3,(H2,23,24,25). The number of carbonyl (C=O) groups excluding carboxylic acids is 1. The van der Waals surface area contributed by atoms with Crippen molar-refractivity contribution in [3.63, 3.8) is 0 Å². The predicted octanol–water partition coefficient (Wildman–Crippen LogP) is 1.89. The summed E-state index contributed by atoms with van der Waals surface area (Å²) in [5.41, 5.74) is 8.03. The first kappa shape index (κ1) is 19.7. The first-order valence-corrected chi connectivity index (χ1v) is 9.86. The summed E-state index contributed by atoms with van der Waals surface area (Å²) in [5.74, 6) is -0.0567. The molecular weight excluding hydrogens is 373 g/mol. The van der Waals surface area contributed by atoms with Gasteiger partial charge in [0.1, 0.15) is 17.5 Å². The molecule has 0 bridgehead atoms. The summed E-state index contributed by atoms with van der Waals surface area (Å²) >= 11 is 0. The van der Waals surface area contributed by atoms with Crippen LogP contribution in [0.5, 0.6) is 0 Å². The number of carbonyl (C=O) groups is 1. The van der Waals surface area contributed by atoms with E-state index in [1.54, 1.807) is 18.3 Å². The normalized spacial score (nSPS) is 19.2. The summed E-state index contributed by atoms with van der Waals surface area (Å²) < 4.78 is 19.5. The average Bonchev–Trinajstić information content (AvgIpc) is 2.71. The number of hydrogen-bond donors (Lipinski definition) is 1. The van der Waals surface area contributed by atoms with Gasteiger partial charge in [0.25, 0.3) is 0 Å². The van der Waals surface area contributed by atoms with Crippen molar-refractivity contribution < 1.29 is 13.9 Å². The maximum Gasteiger partial charge on any atom is 0.244 e. The van der Waals surface area contributed by atoms with Gasteiger partial charge in [-0.25, -0.2) is 14.4 Å². The molecule has 8 heteroatoms. The molecule has 1 unspecified atom stereocenters. The molecule has 7 nitrogen and oxygen atoms in total. The minimum absolute atomic E-state index is 0.00897. The molecule has 1 amide bonds. The van der Waals surface area contributed by atoms with E-state index in [0.717, 1.165) is 23.2 Å². The molecule has 2 N–H and O–H groups in total. The number of ether oxygens (including phenoxy) is 1. The van der Waals surface area contributed by atoms with E-state index >= 15 is 0 Å². The molecule has 29 heavy (non-hydrogen) atoms. The Morgan fingerprint density at radius 1 is 1.28 bits per heavy atom. The molecule has 1 aromatic heterocycles. The van der Waals surface area contributed by atoms with Gasteiger partial charge in [0, 0.05) is 19.3 Å². The smallest absolute Gasteiger partial charge is 0.244 e. The van der Waals surface area contributed by atoms with Crippen molar-refractivity contribution >= 4 is 11.9 Å². The van der Waals surface area contributed by atoms with Crippen LogP contribution in [0, 0.1) is 5.82 Å². The van der Waals surface area contributed by atoms with E-state index in [4.69, 9.17) is 10.5 Å². The molecule has 4 rings (SSSR count). The number of nitrogen functional groups attached to an aromatic ring is 1. The highest BCUT2D eigenvalue weighted by Gasteiger charge is 2.44. The summed E-state index contributed by atoms with van der Waals surface area (Å²) in [7, 11) is 3.72.